The van der Waals surface area contributed by atoms with Crippen LogP contribution < -0.4 is 5.73 Å². The number of ether oxygens (including phenoxy) is 1. The molecule has 0 saturated carbocycles. The van der Waals surface area contributed by atoms with Crippen LogP contribution in [0.3, 0.4) is 0 Å². The van der Waals surface area contributed by atoms with Crippen molar-refractivity contribution in [2.24, 2.45) is 5.73 Å². The van der Waals surface area contributed by atoms with Crippen LogP contribution in [0.4, 0.5) is 0 Å². The van der Waals surface area contributed by atoms with E-state index in [0.717, 1.165) is 5.56 Å². The van der Waals surface area contributed by atoms with Gasteiger partial charge < -0.3 is 10.5 Å². The highest BCUT2D eigenvalue weighted by Gasteiger charge is 2.26. The maximum atomic E-state index is 11.6. The van der Waals surface area contributed by atoms with Gasteiger partial charge in [0.1, 0.15) is 0 Å². The molecular formula is C16H25NO2. The SMILES string of the molecule is CCOC(=O)CC(C)(N)c1ccc(C(C)(C)C)cc1. The summed E-state index contributed by atoms with van der Waals surface area (Å²) in [6.07, 6.45) is 0.190. The first kappa shape index (κ1) is 15.7. The Balaban J connectivity index is 2.87. The van der Waals surface area contributed by atoms with Crippen molar-refractivity contribution >= 4 is 5.97 Å². The van der Waals surface area contributed by atoms with E-state index in [4.69, 9.17) is 10.5 Å². The van der Waals surface area contributed by atoms with E-state index in [0.29, 0.717) is 6.61 Å². The van der Waals surface area contributed by atoms with Crippen molar-refractivity contribution in [2.45, 2.75) is 52.0 Å². The van der Waals surface area contributed by atoms with E-state index in [2.05, 4.69) is 32.9 Å². The molecule has 0 amide bonds. The van der Waals surface area contributed by atoms with Crippen molar-refractivity contribution in [3.05, 3.63) is 35.4 Å². The lowest BCUT2D eigenvalue weighted by Gasteiger charge is -2.26. The smallest absolute Gasteiger partial charge is 0.307 e. The van der Waals surface area contributed by atoms with Gasteiger partial charge in [-0.15, -0.1) is 0 Å². The third-order valence-corrected chi connectivity index (χ3v) is 3.23. The highest BCUT2D eigenvalue weighted by molar-refractivity contribution is 5.71. The van der Waals surface area contributed by atoms with E-state index in [-0.39, 0.29) is 17.8 Å². The minimum Gasteiger partial charge on any atom is -0.466 e. The van der Waals surface area contributed by atoms with E-state index in [1.54, 1.807) is 6.92 Å². The molecule has 3 nitrogen and oxygen atoms in total. The lowest BCUT2D eigenvalue weighted by atomic mass is 9.83. The molecule has 1 aromatic rings. The first-order valence-electron chi connectivity index (χ1n) is 6.72. The minimum atomic E-state index is -0.692. The molecule has 0 fully saturated rings. The molecule has 0 aromatic heterocycles. The second-order valence-corrected chi connectivity index (χ2v) is 6.23. The van der Waals surface area contributed by atoms with Crippen LogP contribution in [0.25, 0.3) is 0 Å². The molecule has 1 aromatic carbocycles. The number of rotatable bonds is 4. The van der Waals surface area contributed by atoms with Crippen LogP contribution in [0, 0.1) is 0 Å². The number of carbonyl (C=O) groups is 1. The second-order valence-electron chi connectivity index (χ2n) is 6.23. The van der Waals surface area contributed by atoms with Gasteiger partial charge in [-0.1, -0.05) is 45.0 Å². The summed E-state index contributed by atoms with van der Waals surface area (Å²) >= 11 is 0. The Labute approximate surface area is 116 Å². The van der Waals surface area contributed by atoms with Gasteiger partial charge >= 0.3 is 5.97 Å². The average Bonchev–Trinajstić information content (AvgIpc) is 2.27. The van der Waals surface area contributed by atoms with E-state index in [9.17, 15) is 4.79 Å². The van der Waals surface area contributed by atoms with Gasteiger partial charge in [-0.2, -0.15) is 0 Å². The second kappa shape index (κ2) is 5.74. The average molecular weight is 263 g/mol. The van der Waals surface area contributed by atoms with Gasteiger partial charge in [-0.3, -0.25) is 4.79 Å². The summed E-state index contributed by atoms with van der Waals surface area (Å²) in [5.74, 6) is -0.257. The minimum absolute atomic E-state index is 0.116. The monoisotopic (exact) mass is 263 g/mol. The van der Waals surface area contributed by atoms with Crippen LogP contribution in [0.2, 0.25) is 0 Å². The molecule has 0 heterocycles. The van der Waals surface area contributed by atoms with Crippen molar-refractivity contribution in [3.63, 3.8) is 0 Å². The lowest BCUT2D eigenvalue weighted by molar-refractivity contribution is -0.144. The highest BCUT2D eigenvalue weighted by Crippen LogP contribution is 2.27. The number of hydrogen-bond donors (Lipinski definition) is 1. The zero-order chi connectivity index (χ0) is 14.7. The predicted molar refractivity (Wildman–Crippen MR) is 77.9 cm³/mol. The van der Waals surface area contributed by atoms with Gasteiger partial charge in [0.2, 0.25) is 0 Å². The molecular weight excluding hydrogens is 238 g/mol. The summed E-state index contributed by atoms with van der Waals surface area (Å²) in [4.78, 5) is 11.6. The summed E-state index contributed by atoms with van der Waals surface area (Å²) in [6.45, 7) is 10.5. The fourth-order valence-electron chi connectivity index (χ4n) is 1.96. The van der Waals surface area contributed by atoms with Crippen LogP contribution in [-0.2, 0) is 20.5 Å². The summed E-state index contributed by atoms with van der Waals surface area (Å²) in [5, 5.41) is 0. The first-order chi connectivity index (χ1) is 8.66. The Kier molecular flexibility index (Phi) is 4.75. The van der Waals surface area contributed by atoms with Gasteiger partial charge in [0.25, 0.3) is 0 Å². The fraction of sp³-hybridized carbons (Fsp3) is 0.562. The Morgan fingerprint density at radius 2 is 1.58 bits per heavy atom. The molecule has 0 radical (unpaired) electrons. The number of benzene rings is 1. The molecule has 3 heteroatoms. The Hall–Kier alpha value is -1.35. The first-order valence-corrected chi connectivity index (χ1v) is 6.72. The van der Waals surface area contributed by atoms with Crippen LogP contribution in [0.1, 0.15) is 52.2 Å². The van der Waals surface area contributed by atoms with E-state index >= 15 is 0 Å². The van der Waals surface area contributed by atoms with Crippen molar-refractivity contribution in [1.29, 1.82) is 0 Å². The fourth-order valence-corrected chi connectivity index (χ4v) is 1.96. The number of hydrogen-bond acceptors (Lipinski definition) is 3. The normalized spacial score (nSPS) is 14.8. The quantitative estimate of drug-likeness (QED) is 0.849. The Bertz CT molecular complexity index is 427. The predicted octanol–water partition coefficient (Wildman–Crippen LogP) is 3.11. The maximum Gasteiger partial charge on any atom is 0.307 e. The molecule has 0 aliphatic heterocycles. The molecule has 0 bridgehead atoms. The number of carbonyl (C=O) groups excluding carboxylic acids is 1. The van der Waals surface area contributed by atoms with E-state index in [1.807, 2.05) is 19.1 Å². The molecule has 0 aliphatic carbocycles. The van der Waals surface area contributed by atoms with Gasteiger partial charge in [0, 0.05) is 5.54 Å². The van der Waals surface area contributed by atoms with Crippen LogP contribution in [0.15, 0.2) is 24.3 Å². The zero-order valence-electron chi connectivity index (χ0n) is 12.6. The largest absolute Gasteiger partial charge is 0.466 e. The van der Waals surface area contributed by atoms with Gasteiger partial charge in [0.05, 0.1) is 13.0 Å². The summed E-state index contributed by atoms with van der Waals surface area (Å²) < 4.78 is 4.96. The van der Waals surface area contributed by atoms with E-state index in [1.165, 1.54) is 5.56 Å². The molecule has 1 rings (SSSR count). The molecule has 0 spiro atoms. The number of nitrogens with two attached hydrogens (primary N) is 1. The molecule has 1 atom stereocenters. The maximum absolute atomic E-state index is 11.6. The van der Waals surface area contributed by atoms with Crippen LogP contribution in [0.5, 0.6) is 0 Å². The topological polar surface area (TPSA) is 52.3 Å². The highest BCUT2D eigenvalue weighted by atomic mass is 16.5. The third-order valence-electron chi connectivity index (χ3n) is 3.23. The van der Waals surface area contributed by atoms with Gasteiger partial charge in [-0.05, 0) is 30.4 Å². The third kappa shape index (κ3) is 4.35. The molecule has 1 unspecified atom stereocenters. The van der Waals surface area contributed by atoms with E-state index < -0.39 is 5.54 Å². The van der Waals surface area contributed by atoms with Crippen molar-refractivity contribution in [3.8, 4) is 0 Å². The van der Waals surface area contributed by atoms with Gasteiger partial charge in [-0.25, -0.2) is 0 Å². The molecule has 106 valence electrons. The van der Waals surface area contributed by atoms with Crippen molar-refractivity contribution in [2.75, 3.05) is 6.61 Å². The molecule has 0 saturated heterocycles. The molecule has 2 N–H and O–H groups in total. The standard InChI is InChI=1S/C16H25NO2/c1-6-19-14(18)11-16(5,17)13-9-7-12(8-10-13)15(2,3)4/h7-10H,6,11,17H2,1-5H3. The van der Waals surface area contributed by atoms with Crippen molar-refractivity contribution in [1.82, 2.24) is 0 Å². The number of esters is 1. The summed E-state index contributed by atoms with van der Waals surface area (Å²) in [5.41, 5.74) is 7.86. The van der Waals surface area contributed by atoms with Crippen LogP contribution >= 0.6 is 0 Å². The van der Waals surface area contributed by atoms with Crippen molar-refractivity contribution < 1.29 is 9.53 Å². The molecule has 0 aliphatic rings. The van der Waals surface area contributed by atoms with Gasteiger partial charge in [0.15, 0.2) is 0 Å². The van der Waals surface area contributed by atoms with Crippen LogP contribution in [-0.4, -0.2) is 12.6 Å². The Morgan fingerprint density at radius 1 is 1.11 bits per heavy atom. The lowest BCUT2D eigenvalue weighted by Crippen LogP contribution is -2.36. The Morgan fingerprint density at radius 3 is 2.00 bits per heavy atom. The molecule has 19 heavy (non-hydrogen) atoms. The summed E-state index contributed by atoms with van der Waals surface area (Å²) in [7, 11) is 0. The zero-order valence-corrected chi connectivity index (χ0v) is 12.6. The summed E-state index contributed by atoms with van der Waals surface area (Å²) in [6, 6.07) is 8.15.